The minimum absolute atomic E-state index is 0.821. The number of rotatable bonds is 8. The lowest BCUT2D eigenvalue weighted by Crippen LogP contribution is -2.30. The number of nitrogens with one attached hydrogen (secondary N) is 1. The Kier molecular flexibility index (Phi) is 6.81. The molecule has 2 heteroatoms. The van der Waals surface area contributed by atoms with E-state index in [9.17, 15) is 0 Å². The third-order valence-corrected chi connectivity index (χ3v) is 3.29. The monoisotopic (exact) mass is 248 g/mol. The van der Waals surface area contributed by atoms with Crippen LogP contribution in [0, 0.1) is 12.8 Å². The Morgan fingerprint density at radius 2 is 1.89 bits per heavy atom. The molecule has 102 valence electrons. The highest BCUT2D eigenvalue weighted by molar-refractivity contribution is 5.52. The summed E-state index contributed by atoms with van der Waals surface area (Å²) in [7, 11) is 2.16. The first-order chi connectivity index (χ1) is 8.61. The SMILES string of the molecule is Cc1ccccc1N(C)CCNCCCC(C)C. The molecule has 0 radical (unpaired) electrons. The second kappa shape index (κ2) is 8.15. The fraction of sp³-hybridized carbons (Fsp3) is 0.625. The lowest BCUT2D eigenvalue weighted by Gasteiger charge is -2.21. The van der Waals surface area contributed by atoms with Gasteiger partial charge in [0.25, 0.3) is 0 Å². The second-order valence-corrected chi connectivity index (χ2v) is 5.49. The summed E-state index contributed by atoms with van der Waals surface area (Å²) in [5.74, 6) is 0.821. The van der Waals surface area contributed by atoms with E-state index in [-0.39, 0.29) is 0 Å². The number of hydrogen-bond donors (Lipinski definition) is 1. The van der Waals surface area contributed by atoms with Crippen molar-refractivity contribution in [2.24, 2.45) is 5.92 Å². The van der Waals surface area contributed by atoms with Crippen molar-refractivity contribution in [3.05, 3.63) is 29.8 Å². The largest absolute Gasteiger partial charge is 0.373 e. The molecule has 0 aliphatic rings. The molecule has 0 heterocycles. The molecule has 1 aromatic carbocycles. The smallest absolute Gasteiger partial charge is 0.0393 e. The molecule has 1 rings (SSSR count). The van der Waals surface area contributed by atoms with E-state index in [1.165, 1.54) is 24.1 Å². The molecule has 1 aromatic rings. The summed E-state index contributed by atoms with van der Waals surface area (Å²) in [6, 6.07) is 8.56. The topological polar surface area (TPSA) is 15.3 Å². The predicted molar refractivity (Wildman–Crippen MR) is 81.4 cm³/mol. The molecule has 0 saturated carbocycles. The van der Waals surface area contributed by atoms with Gasteiger partial charge in [-0.25, -0.2) is 0 Å². The van der Waals surface area contributed by atoms with Crippen LogP contribution in [-0.2, 0) is 0 Å². The van der Waals surface area contributed by atoms with Crippen LogP contribution in [0.15, 0.2) is 24.3 Å². The van der Waals surface area contributed by atoms with Gasteiger partial charge in [-0.2, -0.15) is 0 Å². The molecule has 0 aromatic heterocycles. The van der Waals surface area contributed by atoms with Crippen molar-refractivity contribution in [1.29, 1.82) is 0 Å². The summed E-state index contributed by atoms with van der Waals surface area (Å²) < 4.78 is 0. The highest BCUT2D eigenvalue weighted by Gasteiger charge is 2.02. The number of para-hydroxylation sites is 1. The fourth-order valence-electron chi connectivity index (χ4n) is 2.12. The third-order valence-electron chi connectivity index (χ3n) is 3.29. The van der Waals surface area contributed by atoms with Crippen molar-refractivity contribution in [3.63, 3.8) is 0 Å². The molecule has 1 N–H and O–H groups in total. The van der Waals surface area contributed by atoms with Crippen LogP contribution in [0.25, 0.3) is 0 Å². The van der Waals surface area contributed by atoms with Crippen LogP contribution in [0.5, 0.6) is 0 Å². The van der Waals surface area contributed by atoms with Crippen LogP contribution in [0.3, 0.4) is 0 Å². The molecule has 0 bridgehead atoms. The average Bonchev–Trinajstić information content (AvgIpc) is 2.33. The summed E-state index contributed by atoms with van der Waals surface area (Å²) >= 11 is 0. The van der Waals surface area contributed by atoms with Gasteiger partial charge < -0.3 is 10.2 Å². The normalized spacial score (nSPS) is 10.9. The van der Waals surface area contributed by atoms with E-state index in [0.29, 0.717) is 0 Å². The molecule has 0 unspecified atom stereocenters. The zero-order valence-electron chi connectivity index (χ0n) is 12.4. The molecule has 0 fully saturated rings. The van der Waals surface area contributed by atoms with Gasteiger partial charge in [0.05, 0.1) is 0 Å². The molecule has 0 aliphatic heterocycles. The Morgan fingerprint density at radius 1 is 1.17 bits per heavy atom. The van der Waals surface area contributed by atoms with Gasteiger partial charge in [0, 0.05) is 25.8 Å². The van der Waals surface area contributed by atoms with E-state index in [4.69, 9.17) is 0 Å². The fourth-order valence-corrected chi connectivity index (χ4v) is 2.12. The zero-order chi connectivity index (χ0) is 13.4. The standard InChI is InChI=1S/C16H28N2/c1-14(2)8-7-11-17-12-13-18(4)16-10-6-5-9-15(16)3/h5-6,9-10,14,17H,7-8,11-13H2,1-4H3. The molecule has 0 atom stereocenters. The summed E-state index contributed by atoms with van der Waals surface area (Å²) in [6.07, 6.45) is 2.60. The van der Waals surface area contributed by atoms with E-state index in [1.807, 2.05) is 0 Å². The van der Waals surface area contributed by atoms with Crippen molar-refractivity contribution in [1.82, 2.24) is 5.32 Å². The van der Waals surface area contributed by atoms with Crippen molar-refractivity contribution in [2.45, 2.75) is 33.6 Å². The minimum Gasteiger partial charge on any atom is -0.373 e. The number of anilines is 1. The van der Waals surface area contributed by atoms with E-state index in [2.05, 4.69) is 62.3 Å². The van der Waals surface area contributed by atoms with Crippen LogP contribution in [0.1, 0.15) is 32.3 Å². The van der Waals surface area contributed by atoms with Gasteiger partial charge in [0.1, 0.15) is 0 Å². The Labute approximate surface area is 112 Å². The molecule has 0 aliphatic carbocycles. The molecular weight excluding hydrogens is 220 g/mol. The first-order valence-corrected chi connectivity index (χ1v) is 7.08. The number of benzene rings is 1. The molecule has 0 amide bonds. The van der Waals surface area contributed by atoms with E-state index >= 15 is 0 Å². The van der Waals surface area contributed by atoms with Gasteiger partial charge in [-0.3, -0.25) is 0 Å². The highest BCUT2D eigenvalue weighted by atomic mass is 15.1. The van der Waals surface area contributed by atoms with Gasteiger partial charge in [-0.1, -0.05) is 32.0 Å². The Morgan fingerprint density at radius 3 is 2.56 bits per heavy atom. The average molecular weight is 248 g/mol. The number of nitrogens with zero attached hydrogens (tertiary/aromatic N) is 1. The van der Waals surface area contributed by atoms with Crippen molar-refractivity contribution in [3.8, 4) is 0 Å². The van der Waals surface area contributed by atoms with Gasteiger partial charge in [0.2, 0.25) is 0 Å². The summed E-state index contributed by atoms with van der Waals surface area (Å²) in [4.78, 5) is 2.32. The summed E-state index contributed by atoms with van der Waals surface area (Å²) in [6.45, 7) is 10.00. The van der Waals surface area contributed by atoms with Crippen molar-refractivity contribution in [2.75, 3.05) is 31.6 Å². The van der Waals surface area contributed by atoms with Crippen LogP contribution >= 0.6 is 0 Å². The van der Waals surface area contributed by atoms with Crippen LogP contribution < -0.4 is 10.2 Å². The quantitative estimate of drug-likeness (QED) is 0.709. The van der Waals surface area contributed by atoms with Gasteiger partial charge in [0.15, 0.2) is 0 Å². The Balaban J connectivity index is 2.18. The highest BCUT2D eigenvalue weighted by Crippen LogP contribution is 2.16. The Bertz CT molecular complexity index is 334. The zero-order valence-corrected chi connectivity index (χ0v) is 12.4. The first-order valence-electron chi connectivity index (χ1n) is 7.08. The number of likely N-dealkylation sites (N-methyl/N-ethyl adjacent to an activating group) is 1. The summed E-state index contributed by atoms with van der Waals surface area (Å²) in [5, 5.41) is 3.52. The first kappa shape index (κ1) is 15.0. The van der Waals surface area contributed by atoms with Gasteiger partial charge in [-0.15, -0.1) is 0 Å². The predicted octanol–water partition coefficient (Wildman–Crippen LogP) is 3.46. The maximum Gasteiger partial charge on any atom is 0.0393 e. The molecule has 0 saturated heterocycles. The molecule has 0 spiro atoms. The summed E-state index contributed by atoms with van der Waals surface area (Å²) in [5.41, 5.74) is 2.68. The minimum atomic E-state index is 0.821. The van der Waals surface area contributed by atoms with Crippen molar-refractivity contribution < 1.29 is 0 Å². The second-order valence-electron chi connectivity index (χ2n) is 5.49. The maximum absolute atomic E-state index is 3.52. The number of hydrogen-bond acceptors (Lipinski definition) is 2. The van der Waals surface area contributed by atoms with E-state index in [0.717, 1.165) is 25.6 Å². The molecular formula is C16H28N2. The van der Waals surface area contributed by atoms with Crippen LogP contribution in [0.2, 0.25) is 0 Å². The van der Waals surface area contributed by atoms with Crippen LogP contribution in [0.4, 0.5) is 5.69 Å². The van der Waals surface area contributed by atoms with E-state index < -0.39 is 0 Å². The van der Waals surface area contributed by atoms with E-state index in [1.54, 1.807) is 0 Å². The van der Waals surface area contributed by atoms with Crippen molar-refractivity contribution >= 4 is 5.69 Å². The van der Waals surface area contributed by atoms with Gasteiger partial charge >= 0.3 is 0 Å². The Hall–Kier alpha value is -1.02. The third kappa shape index (κ3) is 5.54. The lowest BCUT2D eigenvalue weighted by atomic mass is 10.1. The lowest BCUT2D eigenvalue weighted by molar-refractivity contribution is 0.529. The molecule has 2 nitrogen and oxygen atoms in total. The molecule has 18 heavy (non-hydrogen) atoms. The maximum atomic E-state index is 3.52. The van der Waals surface area contributed by atoms with Gasteiger partial charge in [-0.05, 0) is 43.9 Å². The van der Waals surface area contributed by atoms with Crippen LogP contribution in [-0.4, -0.2) is 26.7 Å². The number of aryl methyl sites for hydroxylation is 1.